The fourth-order valence-electron chi connectivity index (χ4n) is 1.39. The molecule has 0 radical (unpaired) electrons. The number of hydrogen-bond donors (Lipinski definition) is 0. The number of aromatic nitrogens is 1. The van der Waals surface area contributed by atoms with Crippen molar-refractivity contribution in [2.24, 2.45) is 0 Å². The predicted molar refractivity (Wildman–Crippen MR) is 72.0 cm³/mol. The van der Waals surface area contributed by atoms with Gasteiger partial charge in [-0.25, -0.2) is 0 Å². The van der Waals surface area contributed by atoms with Crippen molar-refractivity contribution in [1.29, 1.82) is 0 Å². The van der Waals surface area contributed by atoms with Crippen molar-refractivity contribution in [2.45, 2.75) is 6.92 Å². The minimum Gasteiger partial charge on any atom is -0.263 e. The molecule has 1 aromatic carbocycles. The highest BCUT2D eigenvalue weighted by Gasteiger charge is 1.90. The van der Waals surface area contributed by atoms with Crippen LogP contribution in [0.1, 0.15) is 16.7 Å². The summed E-state index contributed by atoms with van der Waals surface area (Å²) in [6.45, 7) is 2.09. The van der Waals surface area contributed by atoms with Gasteiger partial charge in [-0.05, 0) is 40.0 Å². The lowest BCUT2D eigenvalue weighted by molar-refractivity contribution is 1.30. The monoisotopic (exact) mass is 273 g/mol. The van der Waals surface area contributed by atoms with Crippen LogP contribution >= 0.6 is 15.9 Å². The van der Waals surface area contributed by atoms with Crippen LogP contribution in [0.15, 0.2) is 47.2 Å². The van der Waals surface area contributed by atoms with E-state index in [-0.39, 0.29) is 0 Å². The van der Waals surface area contributed by atoms with E-state index in [4.69, 9.17) is 0 Å². The zero-order valence-electron chi connectivity index (χ0n) is 9.02. The van der Waals surface area contributed by atoms with Crippen molar-refractivity contribution in [2.75, 3.05) is 0 Å². The second-order valence-corrected chi connectivity index (χ2v) is 4.60. The van der Waals surface area contributed by atoms with Gasteiger partial charge >= 0.3 is 0 Å². The van der Waals surface area contributed by atoms with Gasteiger partial charge in [-0.3, -0.25) is 4.98 Å². The fraction of sp³-hybridized carbons (Fsp3) is 0.0714. The molecule has 0 fully saturated rings. The predicted octanol–water partition coefficient (Wildman–Crippen LogP) is 4.32. The Bertz CT molecular complexity index is 500. The smallest absolute Gasteiger partial charge is 0.0410 e. The molecule has 1 heterocycles. The topological polar surface area (TPSA) is 12.9 Å². The van der Waals surface area contributed by atoms with Gasteiger partial charge in [0.25, 0.3) is 0 Å². The molecule has 0 aliphatic heterocycles. The van der Waals surface area contributed by atoms with Crippen molar-refractivity contribution in [3.05, 3.63) is 63.9 Å². The summed E-state index contributed by atoms with van der Waals surface area (Å²) >= 11 is 3.40. The lowest BCUT2D eigenvalue weighted by Crippen LogP contribution is -1.77. The Balaban J connectivity index is 2.18. The zero-order chi connectivity index (χ0) is 11.4. The summed E-state index contributed by atoms with van der Waals surface area (Å²) in [7, 11) is 0. The van der Waals surface area contributed by atoms with Crippen molar-refractivity contribution in [3.8, 4) is 0 Å². The van der Waals surface area contributed by atoms with E-state index in [1.807, 2.05) is 12.3 Å². The van der Waals surface area contributed by atoms with Crippen LogP contribution in [0.25, 0.3) is 12.2 Å². The van der Waals surface area contributed by atoms with Gasteiger partial charge in [0.1, 0.15) is 0 Å². The molecular formula is C14H12BrN. The minimum absolute atomic E-state index is 0.999. The molecule has 0 aliphatic carbocycles. The number of aryl methyl sites for hydroxylation is 1. The third-order valence-corrected chi connectivity index (χ3v) is 2.71. The highest BCUT2D eigenvalue weighted by molar-refractivity contribution is 9.10. The standard InChI is InChI=1S/C14H12BrN/c1-11-2-4-12(5-3-11)6-7-13-8-14(15)10-16-9-13/h2-10H,1H3/b7-6-. The molecule has 0 aliphatic rings. The molecule has 0 amide bonds. The van der Waals surface area contributed by atoms with E-state index in [1.54, 1.807) is 6.20 Å². The quantitative estimate of drug-likeness (QED) is 0.794. The van der Waals surface area contributed by atoms with E-state index in [1.165, 1.54) is 11.1 Å². The maximum Gasteiger partial charge on any atom is 0.0410 e. The van der Waals surface area contributed by atoms with E-state index < -0.39 is 0 Å². The van der Waals surface area contributed by atoms with Gasteiger partial charge in [0.15, 0.2) is 0 Å². The average molecular weight is 274 g/mol. The Morgan fingerprint density at radius 1 is 1.00 bits per heavy atom. The van der Waals surface area contributed by atoms with Crippen molar-refractivity contribution < 1.29 is 0 Å². The van der Waals surface area contributed by atoms with Crippen LogP contribution in [-0.4, -0.2) is 4.98 Å². The van der Waals surface area contributed by atoms with Crippen LogP contribution in [0.4, 0.5) is 0 Å². The minimum atomic E-state index is 0.999. The molecule has 0 saturated heterocycles. The molecule has 2 heteroatoms. The van der Waals surface area contributed by atoms with E-state index in [2.05, 4.69) is 64.3 Å². The van der Waals surface area contributed by atoms with Gasteiger partial charge < -0.3 is 0 Å². The van der Waals surface area contributed by atoms with E-state index in [0.29, 0.717) is 0 Å². The molecule has 1 aromatic heterocycles. The van der Waals surface area contributed by atoms with Crippen LogP contribution < -0.4 is 0 Å². The first kappa shape index (κ1) is 11.1. The molecule has 1 nitrogen and oxygen atoms in total. The summed E-state index contributed by atoms with van der Waals surface area (Å²) in [5, 5.41) is 0. The molecule has 2 aromatic rings. The fourth-order valence-corrected chi connectivity index (χ4v) is 1.77. The third kappa shape index (κ3) is 3.04. The van der Waals surface area contributed by atoms with E-state index in [9.17, 15) is 0 Å². The van der Waals surface area contributed by atoms with E-state index >= 15 is 0 Å². The van der Waals surface area contributed by atoms with Crippen molar-refractivity contribution >= 4 is 28.1 Å². The molecule has 0 spiro atoms. The molecule has 0 unspecified atom stereocenters. The summed E-state index contributed by atoms with van der Waals surface area (Å²) < 4.78 is 0.999. The number of rotatable bonds is 2. The second-order valence-electron chi connectivity index (χ2n) is 3.68. The Morgan fingerprint density at radius 3 is 2.38 bits per heavy atom. The number of hydrogen-bond acceptors (Lipinski definition) is 1. The Kier molecular flexibility index (Phi) is 3.52. The van der Waals surface area contributed by atoms with Crippen LogP contribution in [-0.2, 0) is 0 Å². The van der Waals surface area contributed by atoms with E-state index in [0.717, 1.165) is 10.0 Å². The summed E-state index contributed by atoms with van der Waals surface area (Å²) in [6.07, 6.45) is 7.77. The molecule has 0 saturated carbocycles. The maximum atomic E-state index is 4.11. The van der Waals surface area contributed by atoms with Crippen molar-refractivity contribution in [3.63, 3.8) is 0 Å². The molecule has 2 rings (SSSR count). The Hall–Kier alpha value is -1.41. The largest absolute Gasteiger partial charge is 0.263 e. The van der Waals surface area contributed by atoms with Crippen LogP contribution in [0, 0.1) is 6.92 Å². The first-order valence-electron chi connectivity index (χ1n) is 5.09. The number of nitrogens with zero attached hydrogens (tertiary/aromatic N) is 1. The van der Waals surface area contributed by atoms with Crippen LogP contribution in [0.5, 0.6) is 0 Å². The molecule has 0 bridgehead atoms. The van der Waals surface area contributed by atoms with Gasteiger partial charge in [-0.1, -0.05) is 42.0 Å². The first-order chi connectivity index (χ1) is 7.74. The average Bonchev–Trinajstić information content (AvgIpc) is 2.28. The molecule has 0 atom stereocenters. The summed E-state index contributed by atoms with van der Waals surface area (Å²) in [5.41, 5.74) is 3.57. The van der Waals surface area contributed by atoms with Gasteiger partial charge in [-0.2, -0.15) is 0 Å². The summed E-state index contributed by atoms with van der Waals surface area (Å²) in [5.74, 6) is 0. The molecule has 80 valence electrons. The lowest BCUT2D eigenvalue weighted by atomic mass is 10.1. The Labute approximate surface area is 104 Å². The SMILES string of the molecule is Cc1ccc(/C=C\c2cncc(Br)c2)cc1. The van der Waals surface area contributed by atoms with Crippen LogP contribution in [0.2, 0.25) is 0 Å². The molecule has 16 heavy (non-hydrogen) atoms. The van der Waals surface area contributed by atoms with Crippen LogP contribution in [0.3, 0.4) is 0 Å². The normalized spacial score (nSPS) is 10.9. The summed E-state index contributed by atoms with van der Waals surface area (Å²) in [4.78, 5) is 4.11. The van der Waals surface area contributed by atoms with Gasteiger partial charge in [0.2, 0.25) is 0 Å². The highest BCUT2D eigenvalue weighted by atomic mass is 79.9. The number of pyridine rings is 1. The molecular weight excluding hydrogens is 262 g/mol. The first-order valence-corrected chi connectivity index (χ1v) is 5.89. The third-order valence-electron chi connectivity index (χ3n) is 2.27. The molecule has 0 N–H and O–H groups in total. The van der Waals surface area contributed by atoms with Gasteiger partial charge in [0.05, 0.1) is 0 Å². The lowest BCUT2D eigenvalue weighted by Gasteiger charge is -1.96. The Morgan fingerprint density at radius 2 is 1.69 bits per heavy atom. The zero-order valence-corrected chi connectivity index (χ0v) is 10.6. The number of benzene rings is 1. The number of halogens is 1. The van der Waals surface area contributed by atoms with Crippen molar-refractivity contribution in [1.82, 2.24) is 4.98 Å². The summed E-state index contributed by atoms with van der Waals surface area (Å²) in [6, 6.07) is 10.5. The van der Waals surface area contributed by atoms with Gasteiger partial charge in [0, 0.05) is 16.9 Å². The maximum absolute atomic E-state index is 4.11. The van der Waals surface area contributed by atoms with Gasteiger partial charge in [-0.15, -0.1) is 0 Å². The second kappa shape index (κ2) is 5.08. The highest BCUT2D eigenvalue weighted by Crippen LogP contribution is 2.13.